The van der Waals surface area contributed by atoms with E-state index in [1.54, 1.807) is 42.5 Å². The number of anilines is 2. The summed E-state index contributed by atoms with van der Waals surface area (Å²) in [6.45, 7) is 1.34. The number of ether oxygens (including phenoxy) is 1. The number of rotatable bonds is 6. The van der Waals surface area contributed by atoms with Crippen LogP contribution < -0.4 is 20.1 Å². The smallest absolute Gasteiger partial charge is 0.255 e. The van der Waals surface area contributed by atoms with Crippen molar-refractivity contribution < 1.29 is 17.9 Å². The number of aryl methyl sites for hydroxylation is 1. The number of benzene rings is 2. The lowest BCUT2D eigenvalue weighted by molar-refractivity contribution is 0.102. The summed E-state index contributed by atoms with van der Waals surface area (Å²) in [5.74, 6) is 0.443. The maximum absolute atomic E-state index is 12.5. The van der Waals surface area contributed by atoms with Gasteiger partial charge in [-0.05, 0) is 60.9 Å². The van der Waals surface area contributed by atoms with Crippen molar-refractivity contribution in [3.8, 4) is 5.75 Å². The highest BCUT2D eigenvalue weighted by Gasteiger charge is 2.24. The number of nitrogens with zero attached hydrogens (tertiary/aromatic N) is 1. The van der Waals surface area contributed by atoms with Crippen molar-refractivity contribution in [1.29, 1.82) is 0 Å². The van der Waals surface area contributed by atoms with Crippen LogP contribution >= 0.6 is 0 Å². The van der Waals surface area contributed by atoms with Gasteiger partial charge in [0.1, 0.15) is 12.4 Å². The monoisotopic (exact) mass is 389 g/mol. The molecule has 0 atom stereocenters. The summed E-state index contributed by atoms with van der Waals surface area (Å²) in [4.78, 5) is 12.5. The lowest BCUT2D eigenvalue weighted by atomic mass is 10.0. The predicted molar refractivity (Wildman–Crippen MR) is 106 cm³/mol. The fraction of sp³-hybridized carbons (Fsp3) is 0.316. The number of hydrogen-bond donors (Lipinski definition) is 2. The van der Waals surface area contributed by atoms with E-state index < -0.39 is 10.0 Å². The first-order valence-corrected chi connectivity index (χ1v) is 10.6. The second-order valence-electron chi connectivity index (χ2n) is 6.40. The Morgan fingerprint density at radius 2 is 1.96 bits per heavy atom. The summed E-state index contributed by atoms with van der Waals surface area (Å²) in [6, 6.07) is 12.2. The molecule has 2 aromatic rings. The zero-order chi connectivity index (χ0) is 19.4. The van der Waals surface area contributed by atoms with E-state index in [0.717, 1.165) is 18.4 Å². The largest absolute Gasteiger partial charge is 0.492 e. The van der Waals surface area contributed by atoms with Gasteiger partial charge in [0.15, 0.2) is 0 Å². The standard InChI is InChI=1S/C19H23N3O4S/c1-27(24,25)22-11-2-3-14-13-15(4-9-18(14)22)19(23)21-16-5-7-17(8-6-16)26-12-10-20/h4-9,13H,2-3,10-12,20H2,1H3,(H,21,23). The Morgan fingerprint density at radius 3 is 2.63 bits per heavy atom. The molecule has 0 radical (unpaired) electrons. The van der Waals surface area contributed by atoms with Gasteiger partial charge < -0.3 is 15.8 Å². The molecule has 0 saturated carbocycles. The average molecular weight is 389 g/mol. The molecule has 0 aromatic heterocycles. The molecule has 27 heavy (non-hydrogen) atoms. The number of fused-ring (bicyclic) bond motifs is 1. The van der Waals surface area contributed by atoms with Crippen molar-refractivity contribution in [3.63, 3.8) is 0 Å². The van der Waals surface area contributed by atoms with E-state index in [-0.39, 0.29) is 5.91 Å². The number of hydrogen-bond acceptors (Lipinski definition) is 5. The van der Waals surface area contributed by atoms with Crippen LogP contribution in [-0.4, -0.2) is 40.3 Å². The van der Waals surface area contributed by atoms with Crippen LogP contribution in [-0.2, 0) is 16.4 Å². The maximum atomic E-state index is 12.5. The van der Waals surface area contributed by atoms with Gasteiger partial charge in [-0.2, -0.15) is 0 Å². The lowest BCUT2D eigenvalue weighted by Crippen LogP contribution is -2.34. The molecular weight excluding hydrogens is 366 g/mol. The third kappa shape index (κ3) is 4.58. The lowest BCUT2D eigenvalue weighted by Gasteiger charge is -2.29. The predicted octanol–water partition coefficient (Wildman–Crippen LogP) is 1.99. The van der Waals surface area contributed by atoms with Gasteiger partial charge >= 0.3 is 0 Å². The van der Waals surface area contributed by atoms with Crippen molar-refractivity contribution in [1.82, 2.24) is 0 Å². The highest BCUT2D eigenvalue weighted by Crippen LogP contribution is 2.30. The SMILES string of the molecule is CS(=O)(=O)N1CCCc2cc(C(=O)Nc3ccc(OCCN)cc3)ccc21. The van der Waals surface area contributed by atoms with Crippen LogP contribution in [0.15, 0.2) is 42.5 Å². The van der Waals surface area contributed by atoms with Crippen LogP contribution in [0.25, 0.3) is 0 Å². The molecular formula is C19H23N3O4S. The van der Waals surface area contributed by atoms with E-state index in [4.69, 9.17) is 10.5 Å². The second kappa shape index (κ2) is 7.98. The fourth-order valence-electron chi connectivity index (χ4n) is 3.06. The minimum absolute atomic E-state index is 0.245. The van der Waals surface area contributed by atoms with Crippen molar-refractivity contribution in [2.75, 3.05) is 35.6 Å². The Labute approximate surface area is 159 Å². The normalized spacial score (nSPS) is 13.8. The van der Waals surface area contributed by atoms with Crippen molar-refractivity contribution >= 4 is 27.3 Å². The van der Waals surface area contributed by atoms with Crippen LogP contribution in [0.2, 0.25) is 0 Å². The molecule has 3 N–H and O–H groups in total. The molecule has 0 aliphatic carbocycles. The topological polar surface area (TPSA) is 102 Å². The first-order valence-electron chi connectivity index (χ1n) is 8.73. The first-order chi connectivity index (χ1) is 12.9. The number of nitrogens with one attached hydrogen (secondary N) is 1. The number of nitrogens with two attached hydrogens (primary N) is 1. The van der Waals surface area contributed by atoms with Crippen molar-refractivity contribution in [2.24, 2.45) is 5.73 Å². The number of sulfonamides is 1. The summed E-state index contributed by atoms with van der Waals surface area (Å²) >= 11 is 0. The molecule has 1 aliphatic rings. The highest BCUT2D eigenvalue weighted by atomic mass is 32.2. The van der Waals surface area contributed by atoms with Crippen LogP contribution in [0.5, 0.6) is 5.75 Å². The van der Waals surface area contributed by atoms with Gasteiger partial charge in [-0.25, -0.2) is 8.42 Å². The zero-order valence-corrected chi connectivity index (χ0v) is 16.0. The van der Waals surface area contributed by atoms with E-state index in [2.05, 4.69) is 5.32 Å². The third-order valence-electron chi connectivity index (χ3n) is 4.32. The molecule has 0 unspecified atom stereocenters. The molecule has 3 rings (SSSR count). The van der Waals surface area contributed by atoms with Gasteiger partial charge in [-0.3, -0.25) is 9.10 Å². The Balaban J connectivity index is 1.74. The number of amides is 1. The van der Waals surface area contributed by atoms with Crippen molar-refractivity contribution in [2.45, 2.75) is 12.8 Å². The van der Waals surface area contributed by atoms with Gasteiger partial charge in [0, 0.05) is 24.3 Å². The summed E-state index contributed by atoms with van der Waals surface area (Å²) < 4.78 is 30.7. The first kappa shape index (κ1) is 19.2. The molecule has 1 heterocycles. The second-order valence-corrected chi connectivity index (χ2v) is 8.30. The van der Waals surface area contributed by atoms with Crippen LogP contribution in [0.1, 0.15) is 22.3 Å². The fourth-order valence-corrected chi connectivity index (χ4v) is 4.06. The molecule has 144 valence electrons. The Bertz CT molecular complexity index is 926. The van der Waals surface area contributed by atoms with Crippen LogP contribution in [0, 0.1) is 0 Å². The Morgan fingerprint density at radius 1 is 1.22 bits per heavy atom. The molecule has 7 nitrogen and oxygen atoms in total. The molecule has 0 saturated heterocycles. The molecule has 1 amide bonds. The van der Waals surface area contributed by atoms with E-state index >= 15 is 0 Å². The quantitative estimate of drug-likeness (QED) is 0.787. The Kier molecular flexibility index (Phi) is 5.67. The van der Waals surface area contributed by atoms with Gasteiger partial charge in [0.25, 0.3) is 5.91 Å². The maximum Gasteiger partial charge on any atom is 0.255 e. The summed E-state index contributed by atoms with van der Waals surface area (Å²) in [5, 5.41) is 2.84. The minimum Gasteiger partial charge on any atom is -0.492 e. The number of carbonyl (C=O) groups excluding carboxylic acids is 1. The minimum atomic E-state index is -3.32. The zero-order valence-electron chi connectivity index (χ0n) is 15.1. The molecule has 8 heteroatoms. The third-order valence-corrected chi connectivity index (χ3v) is 5.50. The summed E-state index contributed by atoms with van der Waals surface area (Å²) in [5.41, 5.74) is 8.06. The van der Waals surface area contributed by atoms with E-state index in [0.29, 0.717) is 42.4 Å². The van der Waals surface area contributed by atoms with Gasteiger partial charge in [-0.15, -0.1) is 0 Å². The highest BCUT2D eigenvalue weighted by molar-refractivity contribution is 7.92. The average Bonchev–Trinajstić information content (AvgIpc) is 2.65. The molecule has 1 aliphatic heterocycles. The van der Waals surface area contributed by atoms with E-state index in [9.17, 15) is 13.2 Å². The van der Waals surface area contributed by atoms with E-state index in [1.165, 1.54) is 10.6 Å². The van der Waals surface area contributed by atoms with Crippen LogP contribution in [0.4, 0.5) is 11.4 Å². The van der Waals surface area contributed by atoms with Gasteiger partial charge in [0.05, 0.1) is 11.9 Å². The molecule has 0 fully saturated rings. The molecule has 0 spiro atoms. The molecule has 2 aromatic carbocycles. The molecule has 0 bridgehead atoms. The Hall–Kier alpha value is -2.58. The summed E-state index contributed by atoms with van der Waals surface area (Å²) in [7, 11) is -3.32. The van der Waals surface area contributed by atoms with Gasteiger partial charge in [0.2, 0.25) is 10.0 Å². The van der Waals surface area contributed by atoms with Gasteiger partial charge in [-0.1, -0.05) is 0 Å². The van der Waals surface area contributed by atoms with Crippen molar-refractivity contribution in [3.05, 3.63) is 53.6 Å². The summed E-state index contributed by atoms with van der Waals surface area (Å²) in [6.07, 6.45) is 2.68. The number of carbonyl (C=O) groups is 1. The van der Waals surface area contributed by atoms with E-state index in [1.807, 2.05) is 0 Å². The van der Waals surface area contributed by atoms with Crippen LogP contribution in [0.3, 0.4) is 0 Å².